The molecule has 3 atom stereocenters. The van der Waals surface area contributed by atoms with Crippen LogP contribution in [0.3, 0.4) is 0 Å². The summed E-state index contributed by atoms with van der Waals surface area (Å²) in [7, 11) is -3.69. The van der Waals surface area contributed by atoms with Crippen molar-refractivity contribution in [2.45, 2.75) is 32.3 Å². The highest BCUT2D eigenvalue weighted by atomic mass is 31.2. The Morgan fingerprint density at radius 2 is 1.39 bits per heavy atom. The third kappa shape index (κ3) is 8.03. The van der Waals surface area contributed by atoms with Crippen molar-refractivity contribution in [3.05, 3.63) is 102 Å². The minimum Gasteiger partial charge on any atom is -0.465 e. The molecule has 0 bridgehead atoms. The number of rotatable bonds is 12. The Hall–Kier alpha value is -3.94. The maximum Gasteiger partial charge on any atom is 0.408 e. The van der Waals surface area contributed by atoms with Crippen LogP contribution in [0.25, 0.3) is 0 Å². The van der Waals surface area contributed by atoms with E-state index in [0.717, 1.165) is 5.56 Å². The predicted octanol–water partition coefficient (Wildman–Crippen LogP) is 3.87. The van der Waals surface area contributed by atoms with Crippen molar-refractivity contribution in [3.8, 4) is 0 Å². The van der Waals surface area contributed by atoms with Crippen LogP contribution in [0.4, 0.5) is 4.79 Å². The summed E-state index contributed by atoms with van der Waals surface area (Å²) in [6.07, 6.45) is -0.764. The number of carbonyl (C=O) groups is 3. The molecular formula is C28H32N3O6P. The number of hydrogen-bond donors (Lipinski definition) is 3. The first-order chi connectivity index (χ1) is 18.3. The van der Waals surface area contributed by atoms with Gasteiger partial charge < -0.3 is 20.1 Å². The van der Waals surface area contributed by atoms with Crippen molar-refractivity contribution in [1.29, 1.82) is 0 Å². The molecule has 3 aromatic carbocycles. The van der Waals surface area contributed by atoms with Crippen molar-refractivity contribution in [2.24, 2.45) is 0 Å². The summed E-state index contributed by atoms with van der Waals surface area (Å²) < 4.78 is 24.8. The summed E-state index contributed by atoms with van der Waals surface area (Å²) in [6.45, 7) is 3.09. The molecule has 0 saturated heterocycles. The smallest absolute Gasteiger partial charge is 0.408 e. The molecule has 0 aliphatic rings. The topological polar surface area (TPSA) is 123 Å². The van der Waals surface area contributed by atoms with Crippen molar-refractivity contribution in [3.63, 3.8) is 0 Å². The van der Waals surface area contributed by atoms with Gasteiger partial charge in [0.05, 0.1) is 6.61 Å². The van der Waals surface area contributed by atoms with Gasteiger partial charge in [-0.3, -0.25) is 19.2 Å². The van der Waals surface area contributed by atoms with Gasteiger partial charge >= 0.3 is 12.1 Å². The fourth-order valence-electron chi connectivity index (χ4n) is 3.66. The molecule has 2 unspecified atom stereocenters. The zero-order chi connectivity index (χ0) is 27.4. The summed E-state index contributed by atoms with van der Waals surface area (Å²) in [5.74, 6) is -2.19. The second-order valence-corrected chi connectivity index (χ2v) is 11.0. The summed E-state index contributed by atoms with van der Waals surface area (Å²) in [4.78, 5) is 37.7. The number of hydrogen-bond acceptors (Lipinski definition) is 6. The highest BCUT2D eigenvalue weighted by Gasteiger charge is 2.38. The maximum atomic E-state index is 14.6. The van der Waals surface area contributed by atoms with Crippen molar-refractivity contribution in [2.75, 3.05) is 13.2 Å². The number of nitrogens with one attached hydrogen (secondary N) is 3. The van der Waals surface area contributed by atoms with Crippen LogP contribution in [0, 0.1) is 0 Å². The van der Waals surface area contributed by atoms with Crippen LogP contribution in [-0.2, 0) is 30.2 Å². The Morgan fingerprint density at radius 1 is 0.816 bits per heavy atom. The first-order valence-electron chi connectivity index (χ1n) is 12.2. The Kier molecular flexibility index (Phi) is 10.6. The van der Waals surface area contributed by atoms with E-state index in [4.69, 9.17) is 9.47 Å². The van der Waals surface area contributed by atoms with Crippen LogP contribution in [0.5, 0.6) is 0 Å². The van der Waals surface area contributed by atoms with Gasteiger partial charge in [0, 0.05) is 5.30 Å². The maximum absolute atomic E-state index is 14.6. The van der Waals surface area contributed by atoms with Gasteiger partial charge in [0.25, 0.3) is 0 Å². The summed E-state index contributed by atoms with van der Waals surface area (Å²) in [6, 6.07) is 25.5. The highest BCUT2D eigenvalue weighted by molar-refractivity contribution is 7.70. The zero-order valence-corrected chi connectivity index (χ0v) is 22.2. The molecule has 3 N–H and O–H groups in total. The lowest BCUT2D eigenvalue weighted by atomic mass is 10.2. The molecule has 0 heterocycles. The average molecular weight is 538 g/mol. The first kappa shape index (κ1) is 28.6. The van der Waals surface area contributed by atoms with E-state index >= 15 is 0 Å². The molecule has 3 aromatic rings. The Balaban J connectivity index is 1.81. The fraction of sp³-hybridized carbons (Fsp3) is 0.250. The average Bonchev–Trinajstić information content (AvgIpc) is 2.95. The van der Waals surface area contributed by atoms with E-state index in [9.17, 15) is 18.9 Å². The normalized spacial score (nSPS) is 13.8. The van der Waals surface area contributed by atoms with Crippen LogP contribution in [0.1, 0.15) is 30.8 Å². The van der Waals surface area contributed by atoms with Crippen LogP contribution >= 0.6 is 7.29 Å². The second-order valence-electron chi connectivity index (χ2n) is 8.38. The van der Waals surface area contributed by atoms with Gasteiger partial charge in [-0.15, -0.1) is 0 Å². The molecule has 10 heteroatoms. The molecule has 200 valence electrons. The van der Waals surface area contributed by atoms with Gasteiger partial charge in [-0.1, -0.05) is 91.0 Å². The minimum atomic E-state index is -3.69. The number of benzene rings is 3. The van der Waals surface area contributed by atoms with E-state index in [1.54, 1.807) is 67.6 Å². The monoisotopic (exact) mass is 537 g/mol. The quantitative estimate of drug-likeness (QED) is 0.237. The lowest BCUT2D eigenvalue weighted by molar-refractivity contribution is -0.141. The summed E-state index contributed by atoms with van der Waals surface area (Å²) in [5.41, 5.74) is 1.36. The van der Waals surface area contributed by atoms with E-state index in [1.807, 2.05) is 30.3 Å². The van der Waals surface area contributed by atoms with Gasteiger partial charge in [-0.05, 0) is 25.0 Å². The van der Waals surface area contributed by atoms with Crippen LogP contribution in [0.2, 0.25) is 0 Å². The minimum absolute atomic E-state index is 0.0502. The Morgan fingerprint density at radius 3 is 2.00 bits per heavy atom. The molecule has 0 spiro atoms. The van der Waals surface area contributed by atoms with E-state index < -0.39 is 37.1 Å². The third-order valence-corrected chi connectivity index (χ3v) is 8.45. The van der Waals surface area contributed by atoms with Gasteiger partial charge in [-0.2, -0.15) is 0 Å². The van der Waals surface area contributed by atoms with E-state index in [2.05, 4.69) is 15.7 Å². The summed E-state index contributed by atoms with van der Waals surface area (Å²) in [5, 5.41) is 8.62. The molecule has 0 fully saturated rings. The fourth-order valence-corrected chi connectivity index (χ4v) is 6.20. The van der Waals surface area contributed by atoms with Crippen molar-refractivity contribution < 1.29 is 28.4 Å². The molecule has 2 amide bonds. The van der Waals surface area contributed by atoms with Crippen molar-refractivity contribution >= 4 is 30.6 Å². The molecular weight excluding hydrogens is 505 g/mol. The molecule has 0 aliphatic carbocycles. The van der Waals surface area contributed by atoms with Crippen LogP contribution in [-0.4, -0.2) is 37.2 Å². The molecule has 38 heavy (non-hydrogen) atoms. The summed E-state index contributed by atoms with van der Waals surface area (Å²) >= 11 is 0. The van der Waals surface area contributed by atoms with Crippen LogP contribution < -0.4 is 21.0 Å². The Labute approximate surface area is 222 Å². The second kappa shape index (κ2) is 14.1. The number of carbonyl (C=O) groups excluding carboxylic acids is 3. The molecule has 0 saturated carbocycles. The zero-order valence-electron chi connectivity index (χ0n) is 21.3. The highest BCUT2D eigenvalue weighted by Crippen LogP contribution is 2.53. The van der Waals surface area contributed by atoms with E-state index in [1.165, 1.54) is 6.92 Å². The van der Waals surface area contributed by atoms with Gasteiger partial charge in [-0.25, -0.2) is 4.79 Å². The van der Waals surface area contributed by atoms with Gasteiger partial charge in [0.15, 0.2) is 0 Å². The molecule has 9 nitrogen and oxygen atoms in total. The lowest BCUT2D eigenvalue weighted by Gasteiger charge is -2.31. The number of alkyl carbamates (subject to hydrolysis) is 1. The lowest BCUT2D eigenvalue weighted by Crippen LogP contribution is -2.47. The largest absolute Gasteiger partial charge is 0.465 e. The number of ether oxygens (including phenoxy) is 2. The Bertz CT molecular complexity index is 1240. The predicted molar refractivity (Wildman–Crippen MR) is 145 cm³/mol. The molecule has 3 rings (SSSR count). The third-order valence-electron chi connectivity index (χ3n) is 5.60. The number of esters is 1. The first-order valence-corrected chi connectivity index (χ1v) is 14.0. The molecule has 0 aliphatic heterocycles. The standard InChI is InChI=1S/C28H32N3O6P/c1-3-36-25(32)19-29-38(35,24-17-11-6-12-18-24)27(23-15-9-5-10-16-23)31-26(33)21(2)30-28(34)37-20-22-13-7-4-8-14-22/h4-18,21,27H,3,19-20H2,1-2H3,(H,29,35)(H,30,34)(H,31,33)/t21-,27?,38?/m1/s1. The molecule has 0 aromatic heterocycles. The van der Waals surface area contributed by atoms with E-state index in [0.29, 0.717) is 10.9 Å². The van der Waals surface area contributed by atoms with Gasteiger partial charge in [0.1, 0.15) is 25.0 Å². The molecule has 0 radical (unpaired) electrons. The van der Waals surface area contributed by atoms with Gasteiger partial charge in [0.2, 0.25) is 13.2 Å². The van der Waals surface area contributed by atoms with E-state index in [-0.39, 0.29) is 19.8 Å². The van der Waals surface area contributed by atoms with Crippen LogP contribution in [0.15, 0.2) is 91.0 Å². The SMILES string of the molecule is CCOC(=O)CNP(=O)(c1ccccc1)C(NC(=O)[C@@H](C)NC(=O)OCc1ccccc1)c1ccccc1. The van der Waals surface area contributed by atoms with Crippen molar-refractivity contribution in [1.82, 2.24) is 15.7 Å². The number of amides is 2.